The highest BCUT2D eigenvalue weighted by molar-refractivity contribution is 14.1. The normalized spacial score (nSPS) is 14.1. The third-order valence-corrected chi connectivity index (χ3v) is 3.92. The number of rotatable bonds is 4. The van der Waals surface area contributed by atoms with Gasteiger partial charge in [0, 0.05) is 15.8 Å². The van der Waals surface area contributed by atoms with E-state index in [4.69, 9.17) is 14.7 Å². The Kier molecular flexibility index (Phi) is 4.82. The first-order valence-corrected chi connectivity index (χ1v) is 7.97. The maximum atomic E-state index is 12.0. The summed E-state index contributed by atoms with van der Waals surface area (Å²) in [6.45, 7) is 0.922. The molecule has 2 N–H and O–H groups in total. The van der Waals surface area contributed by atoms with Crippen molar-refractivity contribution >= 4 is 34.4 Å². The second kappa shape index (κ2) is 7.01. The van der Waals surface area contributed by atoms with Crippen LogP contribution in [0.2, 0.25) is 0 Å². The summed E-state index contributed by atoms with van der Waals surface area (Å²) < 4.78 is 11.9. The number of nitrogens with one attached hydrogen (secondary N) is 1. The number of benzene rings is 1. The van der Waals surface area contributed by atoms with Gasteiger partial charge in [-0.15, -0.1) is 0 Å². The van der Waals surface area contributed by atoms with Gasteiger partial charge in [0.2, 0.25) is 5.88 Å². The Labute approximate surface area is 146 Å². The van der Waals surface area contributed by atoms with Crippen LogP contribution in [0.5, 0.6) is 11.6 Å². The summed E-state index contributed by atoms with van der Waals surface area (Å²) in [6.07, 6.45) is 1.23. The molecule has 1 aliphatic rings. The van der Waals surface area contributed by atoms with Gasteiger partial charge in [0.25, 0.3) is 0 Å². The predicted molar refractivity (Wildman–Crippen MR) is 90.8 cm³/mol. The lowest BCUT2D eigenvalue weighted by Crippen LogP contribution is -2.57. The number of amides is 1. The quantitative estimate of drug-likeness (QED) is 0.577. The minimum absolute atomic E-state index is 0.0731. The van der Waals surface area contributed by atoms with Crippen molar-refractivity contribution in [3.8, 4) is 11.6 Å². The fourth-order valence-electron chi connectivity index (χ4n) is 2.03. The predicted octanol–water partition coefficient (Wildman–Crippen LogP) is 2.75. The number of hydrogen-bond donors (Lipinski definition) is 2. The Balaban J connectivity index is 1.46. The Morgan fingerprint density at radius 1 is 1.26 bits per heavy atom. The van der Waals surface area contributed by atoms with Gasteiger partial charge in [-0.2, -0.15) is 0 Å². The molecule has 1 aliphatic heterocycles. The van der Waals surface area contributed by atoms with Gasteiger partial charge < -0.3 is 14.4 Å². The van der Waals surface area contributed by atoms with Crippen molar-refractivity contribution in [1.82, 2.24) is 9.88 Å². The minimum Gasteiger partial charge on any atom is -0.471 e. The molecule has 0 spiro atoms. The molecular formula is C15H14IN3O4. The molecule has 0 radical (unpaired) electrons. The number of nitrogens with zero attached hydrogens (tertiary/aromatic N) is 2. The zero-order chi connectivity index (χ0) is 16.2. The first kappa shape index (κ1) is 15.8. The zero-order valence-corrected chi connectivity index (χ0v) is 14.1. The van der Waals surface area contributed by atoms with E-state index in [0.29, 0.717) is 30.4 Å². The second-order valence-corrected chi connectivity index (χ2v) is 6.21. The van der Waals surface area contributed by atoms with E-state index in [2.05, 4.69) is 27.6 Å². The lowest BCUT2D eigenvalue weighted by molar-refractivity contribution is 0.0258. The number of ether oxygens (including phenoxy) is 2. The van der Waals surface area contributed by atoms with E-state index in [9.17, 15) is 4.79 Å². The van der Waals surface area contributed by atoms with Gasteiger partial charge in [-0.3, -0.25) is 10.7 Å². The summed E-state index contributed by atoms with van der Waals surface area (Å²) in [7, 11) is 0. The maximum Gasteiger partial charge on any atom is 0.415 e. The Hall–Kier alpha value is -2.07. The van der Waals surface area contributed by atoms with Crippen LogP contribution in [0.4, 0.5) is 10.5 Å². The molecule has 2 heterocycles. The van der Waals surface area contributed by atoms with Crippen LogP contribution in [0.25, 0.3) is 0 Å². The van der Waals surface area contributed by atoms with Crippen LogP contribution in [-0.2, 0) is 0 Å². The van der Waals surface area contributed by atoms with Crippen molar-refractivity contribution in [3.05, 3.63) is 46.2 Å². The molecule has 1 aromatic heterocycles. The van der Waals surface area contributed by atoms with E-state index >= 15 is 0 Å². The lowest BCUT2D eigenvalue weighted by Gasteiger charge is -2.37. The van der Waals surface area contributed by atoms with Gasteiger partial charge >= 0.3 is 6.09 Å². The Morgan fingerprint density at radius 3 is 2.61 bits per heavy atom. The van der Waals surface area contributed by atoms with Gasteiger partial charge in [0.1, 0.15) is 11.9 Å². The molecule has 8 heteroatoms. The molecule has 1 saturated heterocycles. The third kappa shape index (κ3) is 4.02. The molecule has 3 rings (SSSR count). The van der Waals surface area contributed by atoms with Gasteiger partial charge in [-0.1, -0.05) is 0 Å². The number of pyridine rings is 1. The number of halogens is 1. The van der Waals surface area contributed by atoms with E-state index in [1.54, 1.807) is 41.4 Å². The summed E-state index contributed by atoms with van der Waals surface area (Å²) in [4.78, 5) is 17.7. The molecule has 0 aliphatic carbocycles. The van der Waals surface area contributed by atoms with E-state index in [-0.39, 0.29) is 6.10 Å². The van der Waals surface area contributed by atoms with Crippen molar-refractivity contribution in [2.24, 2.45) is 0 Å². The Bertz CT molecular complexity index is 672. The maximum absolute atomic E-state index is 12.0. The topological polar surface area (TPSA) is 83.9 Å². The molecule has 2 aromatic rings. The number of likely N-dealkylation sites (tertiary alicyclic amines) is 1. The zero-order valence-electron chi connectivity index (χ0n) is 12.0. The Morgan fingerprint density at radius 2 is 2.00 bits per heavy atom. The molecule has 120 valence electrons. The van der Waals surface area contributed by atoms with Crippen LogP contribution in [0.15, 0.2) is 42.6 Å². The molecule has 1 amide bonds. The molecule has 0 unspecified atom stereocenters. The van der Waals surface area contributed by atoms with Crippen LogP contribution in [0.1, 0.15) is 0 Å². The summed E-state index contributed by atoms with van der Waals surface area (Å²) in [6, 6.07) is 10.1. The number of anilines is 1. The van der Waals surface area contributed by atoms with Crippen LogP contribution < -0.4 is 15.0 Å². The van der Waals surface area contributed by atoms with Crippen molar-refractivity contribution in [2.75, 3.05) is 18.6 Å². The summed E-state index contributed by atoms with van der Waals surface area (Å²) in [5.74, 6) is 0.966. The molecule has 0 atom stereocenters. The first-order chi connectivity index (χ1) is 11.1. The van der Waals surface area contributed by atoms with Gasteiger partial charge in [-0.25, -0.2) is 9.78 Å². The summed E-state index contributed by atoms with van der Waals surface area (Å²) in [5.41, 5.74) is 2.53. The average molecular weight is 427 g/mol. The van der Waals surface area contributed by atoms with Crippen LogP contribution in [0.3, 0.4) is 0 Å². The monoisotopic (exact) mass is 427 g/mol. The van der Waals surface area contributed by atoms with Gasteiger partial charge in [0.05, 0.1) is 18.8 Å². The highest BCUT2D eigenvalue weighted by Crippen LogP contribution is 2.20. The SMILES string of the molecule is O=C(Oc1ccc(NO)cc1)N1CC(Oc2ccc(I)cn2)C1. The van der Waals surface area contributed by atoms with E-state index in [1.165, 1.54) is 0 Å². The largest absolute Gasteiger partial charge is 0.471 e. The molecule has 1 fully saturated rings. The molecule has 23 heavy (non-hydrogen) atoms. The minimum atomic E-state index is -0.426. The average Bonchev–Trinajstić information content (AvgIpc) is 2.53. The lowest BCUT2D eigenvalue weighted by atomic mass is 10.2. The highest BCUT2D eigenvalue weighted by Gasteiger charge is 2.33. The van der Waals surface area contributed by atoms with Crippen LogP contribution >= 0.6 is 22.6 Å². The van der Waals surface area contributed by atoms with Crippen molar-refractivity contribution in [1.29, 1.82) is 0 Å². The fraction of sp³-hybridized carbons (Fsp3) is 0.200. The molecule has 0 saturated carbocycles. The van der Waals surface area contributed by atoms with Crippen molar-refractivity contribution in [2.45, 2.75) is 6.10 Å². The second-order valence-electron chi connectivity index (χ2n) is 4.96. The number of carbonyl (C=O) groups excluding carboxylic acids is 1. The molecule has 7 nitrogen and oxygen atoms in total. The van der Waals surface area contributed by atoms with E-state index in [1.807, 2.05) is 11.5 Å². The van der Waals surface area contributed by atoms with Crippen LogP contribution in [0, 0.1) is 3.57 Å². The van der Waals surface area contributed by atoms with Crippen molar-refractivity contribution < 1.29 is 19.5 Å². The molecular weight excluding hydrogens is 413 g/mol. The van der Waals surface area contributed by atoms with Crippen molar-refractivity contribution in [3.63, 3.8) is 0 Å². The standard InChI is InChI=1S/C15H14IN3O4/c16-10-1-6-14(17-7-10)22-13-8-19(9-13)15(20)23-12-4-2-11(18-21)3-5-12/h1-7,13,18,21H,8-9H2. The molecule has 0 bridgehead atoms. The van der Waals surface area contributed by atoms with E-state index in [0.717, 1.165) is 3.57 Å². The fourth-order valence-corrected chi connectivity index (χ4v) is 2.35. The number of hydrogen-bond acceptors (Lipinski definition) is 6. The van der Waals surface area contributed by atoms with Crippen LogP contribution in [-0.4, -0.2) is 40.4 Å². The molecule has 1 aromatic carbocycles. The summed E-state index contributed by atoms with van der Waals surface area (Å²) in [5, 5.41) is 8.73. The third-order valence-electron chi connectivity index (χ3n) is 3.28. The first-order valence-electron chi connectivity index (χ1n) is 6.89. The summed E-state index contributed by atoms with van der Waals surface area (Å²) >= 11 is 2.17. The smallest absolute Gasteiger partial charge is 0.415 e. The van der Waals surface area contributed by atoms with E-state index < -0.39 is 6.09 Å². The van der Waals surface area contributed by atoms with Gasteiger partial charge in [-0.05, 0) is 52.9 Å². The number of aromatic nitrogens is 1. The van der Waals surface area contributed by atoms with Gasteiger partial charge in [0.15, 0.2) is 0 Å². The highest BCUT2D eigenvalue weighted by atomic mass is 127. The number of carbonyl (C=O) groups is 1.